The lowest BCUT2D eigenvalue weighted by Crippen LogP contribution is -2.05. The number of halogens is 1. The zero-order valence-corrected chi connectivity index (χ0v) is 10.9. The maximum Gasteiger partial charge on any atom is 0.162 e. The molecule has 0 atom stereocenters. The van der Waals surface area contributed by atoms with E-state index in [1.165, 1.54) is 0 Å². The van der Waals surface area contributed by atoms with Gasteiger partial charge < -0.3 is 9.73 Å². The molecule has 0 aliphatic rings. The van der Waals surface area contributed by atoms with Crippen LogP contribution in [-0.2, 0) is 6.54 Å². The van der Waals surface area contributed by atoms with Crippen molar-refractivity contribution >= 4 is 27.3 Å². The summed E-state index contributed by atoms with van der Waals surface area (Å²) in [4.78, 5) is 4.50. The monoisotopic (exact) mass is 286 g/mol. The topological polar surface area (TPSA) is 38.1 Å². The van der Waals surface area contributed by atoms with Gasteiger partial charge in [-0.2, -0.15) is 0 Å². The van der Waals surface area contributed by atoms with Crippen molar-refractivity contribution in [3.8, 4) is 10.8 Å². The van der Waals surface area contributed by atoms with E-state index in [0.717, 1.165) is 32.6 Å². The van der Waals surface area contributed by atoms with Gasteiger partial charge in [-0.05, 0) is 42.0 Å². The minimum Gasteiger partial charge on any atom is -0.459 e. The summed E-state index contributed by atoms with van der Waals surface area (Å²) < 4.78 is 6.58. The van der Waals surface area contributed by atoms with E-state index in [-0.39, 0.29) is 0 Å². The molecule has 0 aliphatic carbocycles. The van der Waals surface area contributed by atoms with Gasteiger partial charge in [0.05, 0.1) is 9.48 Å². The predicted octanol–water partition coefficient (Wildman–Crippen LogP) is 3.19. The van der Waals surface area contributed by atoms with Crippen LogP contribution in [0.4, 0.5) is 0 Å². The van der Waals surface area contributed by atoms with Crippen LogP contribution in [0.25, 0.3) is 10.8 Å². The number of thiazole rings is 1. The molecule has 0 aromatic carbocycles. The molecule has 5 heteroatoms. The summed E-state index contributed by atoms with van der Waals surface area (Å²) in [5.41, 5.74) is 1.02. The van der Waals surface area contributed by atoms with Crippen molar-refractivity contribution in [2.24, 2.45) is 0 Å². The Morgan fingerprint density at radius 3 is 2.93 bits per heavy atom. The van der Waals surface area contributed by atoms with Gasteiger partial charge >= 0.3 is 0 Å². The molecule has 0 bridgehead atoms. The molecule has 0 unspecified atom stereocenters. The number of aryl methyl sites for hydroxylation is 1. The fourth-order valence-corrected chi connectivity index (χ4v) is 2.72. The van der Waals surface area contributed by atoms with Gasteiger partial charge in [0.15, 0.2) is 10.8 Å². The zero-order chi connectivity index (χ0) is 10.8. The number of hydrogen-bond acceptors (Lipinski definition) is 4. The van der Waals surface area contributed by atoms with Crippen LogP contribution in [0.15, 0.2) is 20.3 Å². The highest BCUT2D eigenvalue weighted by Crippen LogP contribution is 2.32. The van der Waals surface area contributed by atoms with E-state index < -0.39 is 0 Å². The van der Waals surface area contributed by atoms with Crippen LogP contribution in [0.1, 0.15) is 11.5 Å². The summed E-state index contributed by atoms with van der Waals surface area (Å²) in [6.45, 7) is 2.69. The minimum absolute atomic E-state index is 0.761. The van der Waals surface area contributed by atoms with Gasteiger partial charge in [0, 0.05) is 6.54 Å². The number of rotatable bonds is 3. The second-order valence-electron chi connectivity index (χ2n) is 3.18. The summed E-state index contributed by atoms with van der Waals surface area (Å²) in [6.07, 6.45) is 0. The van der Waals surface area contributed by atoms with E-state index in [0.29, 0.717) is 0 Å². The van der Waals surface area contributed by atoms with Crippen LogP contribution in [0, 0.1) is 6.92 Å². The Morgan fingerprint density at radius 1 is 1.53 bits per heavy atom. The van der Waals surface area contributed by atoms with Crippen molar-refractivity contribution in [2.75, 3.05) is 7.05 Å². The number of furan rings is 1. The minimum atomic E-state index is 0.761. The van der Waals surface area contributed by atoms with Gasteiger partial charge in [-0.3, -0.25) is 0 Å². The van der Waals surface area contributed by atoms with Crippen LogP contribution in [0.3, 0.4) is 0 Å². The van der Waals surface area contributed by atoms with Gasteiger partial charge in [0.1, 0.15) is 5.76 Å². The van der Waals surface area contributed by atoms with E-state index in [4.69, 9.17) is 4.42 Å². The van der Waals surface area contributed by atoms with Crippen molar-refractivity contribution < 1.29 is 4.42 Å². The molecule has 3 nitrogen and oxygen atoms in total. The number of nitrogens with one attached hydrogen (secondary N) is 1. The molecule has 1 N–H and O–H groups in total. The average molecular weight is 287 g/mol. The Hall–Kier alpha value is -0.650. The van der Waals surface area contributed by atoms with Gasteiger partial charge in [-0.1, -0.05) is 0 Å². The molecule has 0 saturated carbocycles. The molecular formula is C10H11BrN2OS. The highest BCUT2D eigenvalue weighted by molar-refractivity contribution is 9.11. The molecule has 80 valence electrons. The van der Waals surface area contributed by atoms with E-state index in [2.05, 4.69) is 26.2 Å². The standard InChI is InChI=1S/C10H11BrN2OS/c1-6-3-4-8(14-6)10-13-7(5-12-2)9(11)15-10/h3-4,12H,5H2,1-2H3. The lowest BCUT2D eigenvalue weighted by atomic mass is 10.4. The Kier molecular flexibility index (Phi) is 3.23. The molecule has 0 fully saturated rings. The second kappa shape index (κ2) is 4.47. The summed E-state index contributed by atoms with van der Waals surface area (Å²) in [7, 11) is 1.91. The van der Waals surface area contributed by atoms with Gasteiger partial charge in [-0.15, -0.1) is 11.3 Å². The third-order valence-corrected chi connectivity index (χ3v) is 3.79. The zero-order valence-electron chi connectivity index (χ0n) is 8.50. The van der Waals surface area contributed by atoms with E-state index >= 15 is 0 Å². The summed E-state index contributed by atoms with van der Waals surface area (Å²) in [5, 5.41) is 4.00. The lowest BCUT2D eigenvalue weighted by Gasteiger charge is -1.92. The third kappa shape index (κ3) is 2.30. The molecule has 0 spiro atoms. The van der Waals surface area contributed by atoms with Gasteiger partial charge in [-0.25, -0.2) is 4.98 Å². The number of hydrogen-bond donors (Lipinski definition) is 1. The summed E-state index contributed by atoms with van der Waals surface area (Å²) >= 11 is 5.09. The van der Waals surface area contributed by atoms with Crippen LogP contribution in [-0.4, -0.2) is 12.0 Å². The van der Waals surface area contributed by atoms with E-state index in [1.54, 1.807) is 11.3 Å². The molecule has 15 heavy (non-hydrogen) atoms. The molecule has 0 amide bonds. The SMILES string of the molecule is CNCc1nc(-c2ccc(C)o2)sc1Br. The molecule has 0 aliphatic heterocycles. The maximum absolute atomic E-state index is 5.52. The molecule has 2 aromatic heterocycles. The molecule has 0 saturated heterocycles. The summed E-state index contributed by atoms with van der Waals surface area (Å²) in [6, 6.07) is 3.89. The lowest BCUT2D eigenvalue weighted by molar-refractivity contribution is 0.547. The molecular weight excluding hydrogens is 276 g/mol. The van der Waals surface area contributed by atoms with Gasteiger partial charge in [0.2, 0.25) is 0 Å². The van der Waals surface area contributed by atoms with Crippen molar-refractivity contribution in [1.29, 1.82) is 0 Å². The highest BCUT2D eigenvalue weighted by atomic mass is 79.9. The van der Waals surface area contributed by atoms with Crippen LogP contribution >= 0.6 is 27.3 Å². The maximum atomic E-state index is 5.52. The Morgan fingerprint density at radius 2 is 2.33 bits per heavy atom. The van der Waals surface area contributed by atoms with E-state index in [9.17, 15) is 0 Å². The Labute approximate surface area is 101 Å². The molecule has 2 rings (SSSR count). The normalized spacial score (nSPS) is 10.9. The Bertz CT molecular complexity index is 464. The fourth-order valence-electron chi connectivity index (χ4n) is 1.26. The van der Waals surface area contributed by atoms with E-state index in [1.807, 2.05) is 26.1 Å². The van der Waals surface area contributed by atoms with Crippen molar-refractivity contribution in [3.05, 3.63) is 27.4 Å². The quantitative estimate of drug-likeness (QED) is 0.942. The molecule has 0 radical (unpaired) electrons. The Balaban J connectivity index is 2.33. The predicted molar refractivity (Wildman–Crippen MR) is 65.0 cm³/mol. The van der Waals surface area contributed by atoms with Crippen LogP contribution < -0.4 is 5.32 Å². The third-order valence-electron chi connectivity index (χ3n) is 1.95. The second-order valence-corrected chi connectivity index (χ2v) is 5.50. The largest absolute Gasteiger partial charge is 0.459 e. The first-order valence-corrected chi connectivity index (χ1v) is 6.18. The van der Waals surface area contributed by atoms with Crippen LogP contribution in [0.5, 0.6) is 0 Å². The first-order valence-electron chi connectivity index (χ1n) is 4.57. The molecule has 2 heterocycles. The van der Waals surface area contributed by atoms with Gasteiger partial charge in [0.25, 0.3) is 0 Å². The van der Waals surface area contributed by atoms with Crippen molar-refractivity contribution in [2.45, 2.75) is 13.5 Å². The van der Waals surface area contributed by atoms with Crippen LogP contribution in [0.2, 0.25) is 0 Å². The number of nitrogens with zero attached hydrogens (tertiary/aromatic N) is 1. The smallest absolute Gasteiger partial charge is 0.162 e. The molecule has 2 aromatic rings. The summed E-state index contributed by atoms with van der Waals surface area (Å²) in [5.74, 6) is 1.74. The fraction of sp³-hybridized carbons (Fsp3) is 0.300. The van der Waals surface area contributed by atoms with Crippen molar-refractivity contribution in [3.63, 3.8) is 0 Å². The van der Waals surface area contributed by atoms with Crippen molar-refractivity contribution in [1.82, 2.24) is 10.3 Å². The highest BCUT2D eigenvalue weighted by Gasteiger charge is 2.12. The average Bonchev–Trinajstić information content (AvgIpc) is 2.75. The number of aromatic nitrogens is 1. The first kappa shape index (κ1) is 10.9. The first-order chi connectivity index (χ1) is 7.20.